The van der Waals surface area contributed by atoms with Crippen LogP contribution in [0.4, 0.5) is 0 Å². The fourth-order valence-corrected chi connectivity index (χ4v) is 5.56. The van der Waals surface area contributed by atoms with Gasteiger partial charge in [-0.3, -0.25) is 9.59 Å². The molecule has 2 aromatic heterocycles. The third kappa shape index (κ3) is 4.14. The number of benzene rings is 1. The van der Waals surface area contributed by atoms with E-state index in [1.807, 2.05) is 48.4 Å². The van der Waals surface area contributed by atoms with Crippen molar-refractivity contribution in [1.82, 2.24) is 19.8 Å². The van der Waals surface area contributed by atoms with E-state index in [0.29, 0.717) is 43.6 Å². The summed E-state index contributed by atoms with van der Waals surface area (Å²) in [6, 6.07) is 9.37. The van der Waals surface area contributed by atoms with Crippen molar-refractivity contribution in [2.45, 2.75) is 38.1 Å². The van der Waals surface area contributed by atoms with Crippen LogP contribution in [0.5, 0.6) is 5.75 Å². The van der Waals surface area contributed by atoms with Crippen LogP contribution >= 0.6 is 11.3 Å². The molecule has 4 heterocycles. The number of piperidine rings is 1. The summed E-state index contributed by atoms with van der Waals surface area (Å²) in [5.74, 6) is 0.704. The first-order valence-corrected chi connectivity index (χ1v) is 12.3. The lowest BCUT2D eigenvalue weighted by molar-refractivity contribution is 0.0600. The third-order valence-electron chi connectivity index (χ3n) is 6.64. The van der Waals surface area contributed by atoms with Crippen molar-refractivity contribution in [3.63, 3.8) is 0 Å². The maximum atomic E-state index is 13.2. The van der Waals surface area contributed by atoms with Gasteiger partial charge in [0.05, 0.1) is 29.8 Å². The first-order chi connectivity index (χ1) is 16.4. The number of pyridine rings is 1. The standard InChI is InChI=1S/C25H28N4O4S/c1-25(2)14-33-15-29(25)24(31)20-13-34-22(27-20)16-8-10-28(11-9-16)23(30)19-12-21(32-3)17-6-4-5-7-18(17)26-19/h4-7,12-13,16H,8-11,14-15H2,1-3H3. The highest BCUT2D eigenvalue weighted by Gasteiger charge is 2.38. The molecule has 2 amide bonds. The van der Waals surface area contributed by atoms with Crippen molar-refractivity contribution < 1.29 is 19.1 Å². The summed E-state index contributed by atoms with van der Waals surface area (Å²) in [7, 11) is 1.60. The minimum absolute atomic E-state index is 0.0889. The van der Waals surface area contributed by atoms with E-state index in [1.165, 1.54) is 11.3 Å². The Morgan fingerprint density at radius 1 is 1.12 bits per heavy atom. The maximum absolute atomic E-state index is 13.2. The predicted molar refractivity (Wildman–Crippen MR) is 129 cm³/mol. The van der Waals surface area contributed by atoms with E-state index in [4.69, 9.17) is 9.47 Å². The molecule has 2 saturated heterocycles. The normalized spacial score (nSPS) is 18.4. The van der Waals surface area contributed by atoms with Gasteiger partial charge in [0.1, 0.15) is 23.9 Å². The highest BCUT2D eigenvalue weighted by molar-refractivity contribution is 7.09. The van der Waals surface area contributed by atoms with Crippen molar-refractivity contribution in [2.75, 3.05) is 33.5 Å². The summed E-state index contributed by atoms with van der Waals surface area (Å²) in [5, 5.41) is 3.69. The molecule has 0 N–H and O–H groups in total. The van der Waals surface area contributed by atoms with Gasteiger partial charge in [-0.1, -0.05) is 12.1 Å². The Hall–Kier alpha value is -3.04. The Labute approximate surface area is 202 Å². The zero-order chi connectivity index (χ0) is 23.9. The molecule has 0 atom stereocenters. The van der Waals surface area contributed by atoms with Crippen LogP contribution in [0.2, 0.25) is 0 Å². The molecule has 0 aliphatic carbocycles. The molecule has 0 bridgehead atoms. The van der Waals surface area contributed by atoms with Gasteiger partial charge >= 0.3 is 0 Å². The molecule has 0 unspecified atom stereocenters. The summed E-state index contributed by atoms with van der Waals surface area (Å²) in [6.45, 7) is 6.06. The Kier molecular flexibility index (Phi) is 5.99. The second-order valence-corrected chi connectivity index (χ2v) is 10.3. The molecule has 1 aromatic carbocycles. The molecule has 2 fully saturated rings. The van der Waals surface area contributed by atoms with Crippen molar-refractivity contribution in [1.29, 1.82) is 0 Å². The van der Waals surface area contributed by atoms with E-state index in [2.05, 4.69) is 9.97 Å². The summed E-state index contributed by atoms with van der Waals surface area (Å²) >= 11 is 1.52. The zero-order valence-corrected chi connectivity index (χ0v) is 20.4. The lowest BCUT2D eigenvalue weighted by Crippen LogP contribution is -2.44. The molecule has 0 saturated carbocycles. The topological polar surface area (TPSA) is 84.9 Å². The lowest BCUT2D eigenvalue weighted by atomic mass is 9.97. The number of thiazole rings is 1. The zero-order valence-electron chi connectivity index (χ0n) is 19.6. The molecular weight excluding hydrogens is 452 g/mol. The van der Waals surface area contributed by atoms with Crippen molar-refractivity contribution in [2.24, 2.45) is 0 Å². The molecule has 34 heavy (non-hydrogen) atoms. The molecule has 9 heteroatoms. The quantitative estimate of drug-likeness (QED) is 0.563. The van der Waals surface area contributed by atoms with Crippen molar-refractivity contribution in [3.05, 3.63) is 52.1 Å². The van der Waals surface area contributed by atoms with Crippen LogP contribution in [0.3, 0.4) is 0 Å². The molecular formula is C25H28N4O4S. The highest BCUT2D eigenvalue weighted by Crippen LogP contribution is 2.33. The van der Waals surface area contributed by atoms with Crippen molar-refractivity contribution >= 4 is 34.1 Å². The molecule has 3 aromatic rings. The minimum Gasteiger partial charge on any atom is -0.496 e. The number of hydrogen-bond acceptors (Lipinski definition) is 7. The molecule has 178 valence electrons. The Morgan fingerprint density at radius 3 is 2.59 bits per heavy atom. The average molecular weight is 481 g/mol. The Balaban J connectivity index is 1.25. The Morgan fingerprint density at radius 2 is 1.88 bits per heavy atom. The molecule has 8 nitrogen and oxygen atoms in total. The molecule has 5 rings (SSSR count). The molecule has 2 aliphatic heterocycles. The molecule has 0 spiro atoms. The second-order valence-electron chi connectivity index (χ2n) is 9.39. The van der Waals surface area contributed by atoms with Gasteiger partial charge < -0.3 is 19.3 Å². The van der Waals surface area contributed by atoms with E-state index in [0.717, 1.165) is 28.8 Å². The number of ether oxygens (including phenoxy) is 2. The van der Waals surface area contributed by atoms with Gasteiger partial charge in [0.2, 0.25) is 0 Å². The van der Waals surface area contributed by atoms with Crippen LogP contribution in [0.15, 0.2) is 35.7 Å². The Bertz CT molecular complexity index is 1230. The predicted octanol–water partition coefficient (Wildman–Crippen LogP) is 3.93. The van der Waals surface area contributed by atoms with Crippen LogP contribution in [0.25, 0.3) is 10.9 Å². The van der Waals surface area contributed by atoms with Gasteiger partial charge in [-0.2, -0.15) is 0 Å². The SMILES string of the molecule is COc1cc(C(=O)N2CCC(c3nc(C(=O)N4COCC4(C)C)cs3)CC2)nc2ccccc12. The highest BCUT2D eigenvalue weighted by atomic mass is 32.1. The fourth-order valence-electron chi connectivity index (χ4n) is 4.60. The minimum atomic E-state index is -0.327. The number of methoxy groups -OCH3 is 1. The number of rotatable bonds is 4. The number of carbonyl (C=O) groups is 2. The van der Waals surface area contributed by atoms with Crippen LogP contribution in [-0.2, 0) is 4.74 Å². The fraction of sp³-hybridized carbons (Fsp3) is 0.440. The van der Waals surface area contributed by atoms with E-state index in [-0.39, 0.29) is 23.3 Å². The summed E-state index contributed by atoms with van der Waals surface area (Å²) < 4.78 is 11.0. The summed E-state index contributed by atoms with van der Waals surface area (Å²) in [6.07, 6.45) is 1.60. The lowest BCUT2D eigenvalue weighted by Gasteiger charge is -2.31. The summed E-state index contributed by atoms with van der Waals surface area (Å²) in [5.41, 5.74) is 1.29. The van der Waals surface area contributed by atoms with Gasteiger partial charge in [0.15, 0.2) is 0 Å². The van der Waals surface area contributed by atoms with Gasteiger partial charge in [0.25, 0.3) is 11.8 Å². The number of carbonyl (C=O) groups excluding carboxylic acids is 2. The molecule has 2 aliphatic rings. The second kappa shape index (κ2) is 8.96. The van der Waals surface area contributed by atoms with E-state index in [1.54, 1.807) is 18.1 Å². The largest absolute Gasteiger partial charge is 0.496 e. The van der Waals surface area contributed by atoms with Crippen LogP contribution in [-0.4, -0.2) is 70.7 Å². The monoisotopic (exact) mass is 480 g/mol. The summed E-state index contributed by atoms with van der Waals surface area (Å²) in [4.78, 5) is 38.9. The van der Waals surface area contributed by atoms with Crippen molar-refractivity contribution in [3.8, 4) is 5.75 Å². The average Bonchev–Trinajstić information content (AvgIpc) is 3.49. The van der Waals surface area contributed by atoms with E-state index >= 15 is 0 Å². The number of hydrogen-bond donors (Lipinski definition) is 0. The maximum Gasteiger partial charge on any atom is 0.275 e. The third-order valence-corrected chi connectivity index (χ3v) is 7.65. The number of para-hydroxylation sites is 1. The molecule has 0 radical (unpaired) electrons. The smallest absolute Gasteiger partial charge is 0.275 e. The van der Waals surface area contributed by atoms with Crippen LogP contribution in [0, 0.1) is 0 Å². The van der Waals surface area contributed by atoms with Gasteiger partial charge in [-0.05, 0) is 38.8 Å². The van der Waals surface area contributed by atoms with E-state index < -0.39 is 0 Å². The number of likely N-dealkylation sites (tertiary alicyclic amines) is 1. The number of aromatic nitrogens is 2. The first kappa shape index (κ1) is 22.7. The van der Waals surface area contributed by atoms with Crippen LogP contribution < -0.4 is 4.74 Å². The van der Waals surface area contributed by atoms with Gasteiger partial charge in [-0.25, -0.2) is 9.97 Å². The number of nitrogens with zero attached hydrogens (tertiary/aromatic N) is 4. The number of amides is 2. The number of fused-ring (bicyclic) bond motifs is 1. The van der Waals surface area contributed by atoms with E-state index in [9.17, 15) is 9.59 Å². The van der Waals surface area contributed by atoms with Crippen LogP contribution in [0.1, 0.15) is 58.6 Å². The van der Waals surface area contributed by atoms with Gasteiger partial charge in [-0.15, -0.1) is 11.3 Å². The first-order valence-electron chi connectivity index (χ1n) is 11.5. The van der Waals surface area contributed by atoms with Gasteiger partial charge in [0, 0.05) is 35.8 Å².